The Balaban J connectivity index is 2.47. The molecule has 0 unspecified atom stereocenters. The molecule has 0 aliphatic heterocycles. The summed E-state index contributed by atoms with van der Waals surface area (Å²) in [6.07, 6.45) is 0.866. The van der Waals surface area contributed by atoms with Gasteiger partial charge in [0.2, 0.25) is 0 Å². The molecule has 1 aromatic heterocycles. The number of benzene rings is 1. The van der Waals surface area contributed by atoms with E-state index in [4.69, 9.17) is 4.74 Å². The molecule has 0 saturated heterocycles. The highest BCUT2D eigenvalue weighted by molar-refractivity contribution is 9.10. The van der Waals surface area contributed by atoms with Gasteiger partial charge in [-0.15, -0.1) is 0 Å². The minimum atomic E-state index is -0.204. The van der Waals surface area contributed by atoms with Gasteiger partial charge in [-0.3, -0.25) is 9.78 Å². The number of carbonyl (C=O) groups is 1. The Kier molecular flexibility index (Phi) is 5.99. The zero-order valence-corrected chi connectivity index (χ0v) is 16.4. The largest absolute Gasteiger partial charge is 0.491 e. The minimum absolute atomic E-state index is 0.204. The first-order valence-corrected chi connectivity index (χ1v) is 8.83. The van der Waals surface area contributed by atoms with Crippen molar-refractivity contribution in [3.05, 3.63) is 50.8 Å². The molecular weight excluding hydrogens is 368 g/mol. The highest BCUT2D eigenvalue weighted by Crippen LogP contribution is 2.34. The normalized spacial score (nSPS) is 10.6. The van der Waals surface area contributed by atoms with Crippen LogP contribution < -0.4 is 10.1 Å². The van der Waals surface area contributed by atoms with Gasteiger partial charge in [-0.1, -0.05) is 25.1 Å². The van der Waals surface area contributed by atoms with E-state index in [2.05, 4.69) is 26.2 Å². The van der Waals surface area contributed by atoms with Crippen molar-refractivity contribution in [2.45, 2.75) is 41.0 Å². The molecule has 5 heteroatoms. The average Bonchev–Trinajstić information content (AvgIpc) is 2.52. The summed E-state index contributed by atoms with van der Waals surface area (Å²) in [6, 6.07) is 5.94. The van der Waals surface area contributed by atoms with Gasteiger partial charge in [-0.2, -0.15) is 0 Å². The van der Waals surface area contributed by atoms with Crippen LogP contribution in [0.1, 0.15) is 46.2 Å². The standard InChI is InChI=1S/C19H23BrN2O2/c1-6-10-24-18-15(13(4)21-14(5)16(18)20)19(23)22-17-11(2)8-7-9-12(17)3/h7-9H,6,10H2,1-5H3,(H,22,23). The number of amides is 1. The number of nitrogens with zero attached hydrogens (tertiary/aromatic N) is 1. The predicted molar refractivity (Wildman–Crippen MR) is 101 cm³/mol. The number of nitrogens with one attached hydrogen (secondary N) is 1. The minimum Gasteiger partial charge on any atom is -0.491 e. The van der Waals surface area contributed by atoms with Crippen LogP contribution in [-0.4, -0.2) is 17.5 Å². The number of aromatic nitrogens is 1. The maximum absolute atomic E-state index is 12.9. The van der Waals surface area contributed by atoms with Crippen molar-refractivity contribution in [1.82, 2.24) is 4.98 Å². The molecule has 0 aliphatic carbocycles. The molecule has 0 fully saturated rings. The molecule has 0 spiro atoms. The zero-order valence-electron chi connectivity index (χ0n) is 14.8. The number of anilines is 1. The van der Waals surface area contributed by atoms with E-state index in [1.807, 2.05) is 52.8 Å². The number of carbonyl (C=O) groups excluding carboxylic acids is 1. The fourth-order valence-electron chi connectivity index (χ4n) is 2.59. The van der Waals surface area contributed by atoms with Crippen LogP contribution in [0.2, 0.25) is 0 Å². The van der Waals surface area contributed by atoms with Gasteiger partial charge in [0, 0.05) is 5.69 Å². The van der Waals surface area contributed by atoms with Crippen molar-refractivity contribution < 1.29 is 9.53 Å². The van der Waals surface area contributed by atoms with Gasteiger partial charge in [0.15, 0.2) is 0 Å². The van der Waals surface area contributed by atoms with Crippen LogP contribution in [0.15, 0.2) is 22.7 Å². The third-order valence-corrected chi connectivity index (χ3v) is 4.77. The Morgan fingerprint density at radius 1 is 1.17 bits per heavy atom. The van der Waals surface area contributed by atoms with Crippen molar-refractivity contribution in [3.63, 3.8) is 0 Å². The molecule has 24 heavy (non-hydrogen) atoms. The first-order chi connectivity index (χ1) is 11.4. The Hall–Kier alpha value is -1.88. The summed E-state index contributed by atoms with van der Waals surface area (Å²) in [5.74, 6) is 0.356. The van der Waals surface area contributed by atoms with Gasteiger partial charge in [0.1, 0.15) is 11.3 Å². The third-order valence-electron chi connectivity index (χ3n) is 3.84. The second-order valence-corrected chi connectivity index (χ2v) is 6.66. The van der Waals surface area contributed by atoms with Crippen LogP contribution in [-0.2, 0) is 0 Å². The van der Waals surface area contributed by atoms with Gasteiger partial charge in [0.25, 0.3) is 5.91 Å². The molecule has 0 saturated carbocycles. The van der Waals surface area contributed by atoms with E-state index < -0.39 is 0 Å². The van der Waals surface area contributed by atoms with E-state index in [1.165, 1.54) is 0 Å². The lowest BCUT2D eigenvalue weighted by atomic mass is 10.1. The van der Waals surface area contributed by atoms with Crippen LogP contribution in [0.5, 0.6) is 5.75 Å². The van der Waals surface area contributed by atoms with E-state index >= 15 is 0 Å². The summed E-state index contributed by atoms with van der Waals surface area (Å²) in [5, 5.41) is 3.02. The lowest BCUT2D eigenvalue weighted by Gasteiger charge is -2.17. The van der Waals surface area contributed by atoms with Crippen molar-refractivity contribution in [2.24, 2.45) is 0 Å². The highest BCUT2D eigenvalue weighted by atomic mass is 79.9. The second-order valence-electron chi connectivity index (χ2n) is 5.87. The van der Waals surface area contributed by atoms with Crippen LogP contribution in [0.25, 0.3) is 0 Å². The van der Waals surface area contributed by atoms with Crippen LogP contribution >= 0.6 is 15.9 Å². The van der Waals surface area contributed by atoms with Crippen LogP contribution in [0.4, 0.5) is 5.69 Å². The number of hydrogen-bond donors (Lipinski definition) is 1. The first-order valence-electron chi connectivity index (χ1n) is 8.03. The van der Waals surface area contributed by atoms with Crippen LogP contribution in [0, 0.1) is 27.7 Å². The average molecular weight is 391 g/mol. The number of hydrogen-bond acceptors (Lipinski definition) is 3. The highest BCUT2D eigenvalue weighted by Gasteiger charge is 2.22. The SMILES string of the molecule is CCCOc1c(Br)c(C)nc(C)c1C(=O)Nc1c(C)cccc1C. The molecule has 1 aromatic carbocycles. The van der Waals surface area contributed by atoms with Crippen molar-refractivity contribution in [1.29, 1.82) is 0 Å². The molecule has 0 aliphatic rings. The number of aryl methyl sites for hydroxylation is 4. The predicted octanol–water partition coefficient (Wildman–Crippen LogP) is 5.12. The van der Waals surface area contributed by atoms with Crippen LogP contribution in [0.3, 0.4) is 0 Å². The van der Waals surface area contributed by atoms with Crippen molar-refractivity contribution >= 4 is 27.5 Å². The van der Waals surface area contributed by atoms with Gasteiger partial charge in [0.05, 0.1) is 22.5 Å². The first kappa shape index (κ1) is 18.5. The fraction of sp³-hybridized carbons (Fsp3) is 0.368. The number of para-hydroxylation sites is 1. The lowest BCUT2D eigenvalue weighted by Crippen LogP contribution is -2.18. The monoisotopic (exact) mass is 390 g/mol. The Bertz CT molecular complexity index is 752. The zero-order chi connectivity index (χ0) is 17.9. The fourth-order valence-corrected chi connectivity index (χ4v) is 2.99. The van der Waals surface area contributed by atoms with Gasteiger partial charge < -0.3 is 10.1 Å². The Labute approximate surface area is 151 Å². The topological polar surface area (TPSA) is 51.2 Å². The lowest BCUT2D eigenvalue weighted by molar-refractivity contribution is 0.102. The Morgan fingerprint density at radius 2 is 1.79 bits per heavy atom. The summed E-state index contributed by atoms with van der Waals surface area (Å²) < 4.78 is 6.58. The summed E-state index contributed by atoms with van der Waals surface area (Å²) in [7, 11) is 0. The number of ether oxygens (including phenoxy) is 1. The quantitative estimate of drug-likeness (QED) is 0.770. The maximum atomic E-state index is 12.9. The molecule has 1 amide bonds. The van der Waals surface area contributed by atoms with E-state index in [9.17, 15) is 4.79 Å². The number of pyridine rings is 1. The summed E-state index contributed by atoms with van der Waals surface area (Å²) in [6.45, 7) is 10.3. The molecule has 4 nitrogen and oxygen atoms in total. The Morgan fingerprint density at radius 3 is 2.38 bits per heavy atom. The number of halogens is 1. The summed E-state index contributed by atoms with van der Waals surface area (Å²) >= 11 is 3.51. The molecule has 0 radical (unpaired) electrons. The van der Waals surface area contributed by atoms with E-state index in [0.717, 1.165) is 33.4 Å². The van der Waals surface area contributed by atoms with E-state index in [-0.39, 0.29) is 5.91 Å². The van der Waals surface area contributed by atoms with Gasteiger partial charge in [-0.05, 0) is 61.2 Å². The summed E-state index contributed by atoms with van der Waals surface area (Å²) in [4.78, 5) is 17.4. The van der Waals surface area contributed by atoms with Gasteiger partial charge in [-0.25, -0.2) is 0 Å². The molecule has 0 bridgehead atoms. The molecule has 128 valence electrons. The molecule has 2 rings (SSSR count). The van der Waals surface area contributed by atoms with Gasteiger partial charge >= 0.3 is 0 Å². The molecular formula is C19H23BrN2O2. The smallest absolute Gasteiger partial charge is 0.261 e. The molecule has 1 heterocycles. The molecule has 2 aromatic rings. The third kappa shape index (κ3) is 3.78. The number of rotatable bonds is 5. The van der Waals surface area contributed by atoms with Crippen molar-refractivity contribution in [2.75, 3.05) is 11.9 Å². The summed E-state index contributed by atoms with van der Waals surface area (Å²) in [5.41, 5.74) is 4.82. The second kappa shape index (κ2) is 7.79. The van der Waals surface area contributed by atoms with Crippen molar-refractivity contribution in [3.8, 4) is 5.75 Å². The van der Waals surface area contributed by atoms with E-state index in [0.29, 0.717) is 23.6 Å². The molecule has 1 N–H and O–H groups in total. The molecule has 0 atom stereocenters. The maximum Gasteiger partial charge on any atom is 0.261 e. The van der Waals surface area contributed by atoms with E-state index in [1.54, 1.807) is 0 Å².